The fraction of sp³-hybridized carbons (Fsp3) is 0.857. The van der Waals surface area contributed by atoms with Crippen molar-refractivity contribution in [3.63, 3.8) is 0 Å². The Balaban J connectivity index is 3.36. The summed E-state index contributed by atoms with van der Waals surface area (Å²) in [5.41, 5.74) is 4.36. The maximum Gasteiger partial charge on any atom is 0.236 e. The van der Waals surface area contributed by atoms with Gasteiger partial charge in [0.25, 0.3) is 0 Å². The number of carbonyl (C=O) groups is 2. The van der Waals surface area contributed by atoms with Gasteiger partial charge in [0.1, 0.15) is 0 Å². The summed E-state index contributed by atoms with van der Waals surface area (Å²) >= 11 is 0. The molecule has 6 nitrogen and oxygen atoms in total. The number of amides is 2. The summed E-state index contributed by atoms with van der Waals surface area (Å²) in [6.07, 6.45) is 9.98. The number of hydrogen-bond acceptors (Lipinski definition) is 4. The third-order valence-electron chi connectivity index (χ3n) is 3.62. The van der Waals surface area contributed by atoms with Crippen molar-refractivity contribution in [1.82, 2.24) is 10.9 Å². The molecule has 0 saturated carbocycles. The van der Waals surface area contributed by atoms with Crippen LogP contribution < -0.4 is 22.5 Å². The largest absolute Gasteiger partial charge is 0.294 e. The second-order valence-electron chi connectivity index (χ2n) is 5.19. The third-order valence-corrected chi connectivity index (χ3v) is 3.62. The van der Waals surface area contributed by atoms with Crippen LogP contribution in [0.4, 0.5) is 0 Å². The molecule has 0 aliphatic rings. The molecule has 1 unspecified atom stereocenters. The van der Waals surface area contributed by atoms with Gasteiger partial charge >= 0.3 is 0 Å². The van der Waals surface area contributed by atoms with E-state index >= 15 is 0 Å². The van der Waals surface area contributed by atoms with Crippen LogP contribution in [-0.2, 0) is 9.59 Å². The van der Waals surface area contributed by atoms with Crippen molar-refractivity contribution in [1.29, 1.82) is 0 Å². The average molecular weight is 286 g/mol. The fourth-order valence-corrected chi connectivity index (χ4v) is 2.27. The van der Waals surface area contributed by atoms with Gasteiger partial charge in [0.15, 0.2) is 0 Å². The quantitative estimate of drug-likeness (QED) is 0.188. The van der Waals surface area contributed by atoms with Crippen LogP contribution in [0.15, 0.2) is 0 Å². The predicted molar refractivity (Wildman–Crippen MR) is 80.0 cm³/mol. The minimum absolute atomic E-state index is 0.0503. The van der Waals surface area contributed by atoms with Crippen LogP contribution >= 0.6 is 0 Å². The lowest BCUT2D eigenvalue weighted by Gasteiger charge is -2.12. The standard InChI is InChI=1S/C14H30N4O2/c1-2-12(14(20)18-16)10-8-6-4-3-5-7-9-11-13(19)17-15/h12H,2-11,15-16H2,1H3,(H,17,19)(H,18,20). The lowest BCUT2D eigenvalue weighted by Crippen LogP contribution is -2.35. The highest BCUT2D eigenvalue weighted by Crippen LogP contribution is 2.15. The zero-order valence-corrected chi connectivity index (χ0v) is 12.6. The van der Waals surface area contributed by atoms with Crippen LogP contribution in [-0.4, -0.2) is 11.8 Å². The van der Waals surface area contributed by atoms with E-state index in [-0.39, 0.29) is 17.7 Å². The molecule has 0 aromatic heterocycles. The summed E-state index contributed by atoms with van der Waals surface area (Å²) in [7, 11) is 0. The Bertz CT molecular complexity index is 272. The molecule has 0 aromatic carbocycles. The first-order valence-electron chi connectivity index (χ1n) is 7.65. The van der Waals surface area contributed by atoms with Gasteiger partial charge in [-0.2, -0.15) is 0 Å². The van der Waals surface area contributed by atoms with Crippen molar-refractivity contribution in [2.45, 2.75) is 71.1 Å². The number of hydrogen-bond donors (Lipinski definition) is 4. The summed E-state index contributed by atoms with van der Waals surface area (Å²) in [5.74, 6) is 10.1. The van der Waals surface area contributed by atoms with E-state index in [4.69, 9.17) is 11.7 Å². The van der Waals surface area contributed by atoms with Crippen LogP contribution in [0.1, 0.15) is 71.1 Å². The Labute approximate surface area is 122 Å². The molecule has 1 atom stereocenters. The molecule has 0 fully saturated rings. The monoisotopic (exact) mass is 286 g/mol. The van der Waals surface area contributed by atoms with Gasteiger partial charge in [0.05, 0.1) is 0 Å². The molecule has 0 aromatic rings. The molecule has 0 radical (unpaired) electrons. The second kappa shape index (κ2) is 12.9. The van der Waals surface area contributed by atoms with Crippen LogP contribution in [0.5, 0.6) is 0 Å². The zero-order valence-electron chi connectivity index (χ0n) is 12.6. The Morgan fingerprint density at radius 2 is 1.45 bits per heavy atom. The van der Waals surface area contributed by atoms with E-state index in [0.717, 1.165) is 44.9 Å². The lowest BCUT2D eigenvalue weighted by molar-refractivity contribution is -0.125. The number of carbonyl (C=O) groups excluding carboxylic acids is 2. The van der Waals surface area contributed by atoms with E-state index in [9.17, 15) is 9.59 Å². The fourth-order valence-electron chi connectivity index (χ4n) is 2.27. The van der Waals surface area contributed by atoms with Gasteiger partial charge in [-0.25, -0.2) is 11.7 Å². The van der Waals surface area contributed by atoms with Crippen LogP contribution in [0.2, 0.25) is 0 Å². The summed E-state index contributed by atoms with van der Waals surface area (Å²) < 4.78 is 0. The van der Waals surface area contributed by atoms with Crippen LogP contribution in [0, 0.1) is 5.92 Å². The van der Waals surface area contributed by atoms with Crippen molar-refractivity contribution < 1.29 is 9.59 Å². The van der Waals surface area contributed by atoms with E-state index in [1.54, 1.807) is 0 Å². The van der Waals surface area contributed by atoms with Crippen molar-refractivity contribution in [3.05, 3.63) is 0 Å². The molecule has 0 aliphatic heterocycles. The first-order chi connectivity index (χ1) is 9.65. The lowest BCUT2D eigenvalue weighted by atomic mass is 9.97. The van der Waals surface area contributed by atoms with Gasteiger partial charge in [-0.3, -0.25) is 20.4 Å². The Morgan fingerprint density at radius 1 is 0.900 bits per heavy atom. The van der Waals surface area contributed by atoms with Crippen molar-refractivity contribution in [2.24, 2.45) is 17.6 Å². The second-order valence-corrected chi connectivity index (χ2v) is 5.19. The molecule has 118 valence electrons. The van der Waals surface area contributed by atoms with Gasteiger partial charge in [0, 0.05) is 12.3 Å². The minimum Gasteiger partial charge on any atom is -0.294 e. The number of nitrogens with one attached hydrogen (secondary N) is 2. The third kappa shape index (κ3) is 9.75. The predicted octanol–water partition coefficient (Wildman–Crippen LogP) is 1.50. The molecule has 0 saturated heterocycles. The molecule has 0 bridgehead atoms. The summed E-state index contributed by atoms with van der Waals surface area (Å²) in [6, 6.07) is 0. The van der Waals surface area contributed by atoms with Gasteiger partial charge in [-0.1, -0.05) is 45.4 Å². The Morgan fingerprint density at radius 3 is 1.95 bits per heavy atom. The zero-order chi connectivity index (χ0) is 15.2. The number of unbranched alkanes of at least 4 members (excludes halogenated alkanes) is 6. The summed E-state index contributed by atoms with van der Waals surface area (Å²) in [6.45, 7) is 2.01. The maximum atomic E-state index is 11.4. The first kappa shape index (κ1) is 18.9. The van der Waals surface area contributed by atoms with Crippen molar-refractivity contribution >= 4 is 11.8 Å². The molecule has 6 N–H and O–H groups in total. The van der Waals surface area contributed by atoms with Gasteiger partial charge in [0.2, 0.25) is 11.8 Å². The van der Waals surface area contributed by atoms with E-state index in [1.807, 2.05) is 6.92 Å². The molecule has 20 heavy (non-hydrogen) atoms. The Hall–Kier alpha value is -1.14. The maximum absolute atomic E-state index is 11.4. The van der Waals surface area contributed by atoms with Gasteiger partial charge in [-0.05, 0) is 19.3 Å². The van der Waals surface area contributed by atoms with E-state index in [0.29, 0.717) is 6.42 Å². The normalized spacial score (nSPS) is 11.9. The topological polar surface area (TPSA) is 110 Å². The Kier molecular flexibility index (Phi) is 12.1. The molecular formula is C14H30N4O2. The molecule has 0 aliphatic carbocycles. The van der Waals surface area contributed by atoms with Gasteiger partial charge < -0.3 is 0 Å². The summed E-state index contributed by atoms with van der Waals surface area (Å²) in [5, 5.41) is 0. The van der Waals surface area contributed by atoms with E-state index in [2.05, 4.69) is 10.9 Å². The molecule has 0 heterocycles. The number of nitrogens with two attached hydrogens (primary N) is 2. The van der Waals surface area contributed by atoms with E-state index < -0.39 is 0 Å². The van der Waals surface area contributed by atoms with Crippen molar-refractivity contribution in [2.75, 3.05) is 0 Å². The molecular weight excluding hydrogens is 256 g/mol. The first-order valence-corrected chi connectivity index (χ1v) is 7.65. The highest BCUT2D eigenvalue weighted by atomic mass is 16.2. The van der Waals surface area contributed by atoms with Crippen LogP contribution in [0.3, 0.4) is 0 Å². The van der Waals surface area contributed by atoms with Crippen molar-refractivity contribution in [3.8, 4) is 0 Å². The molecule has 0 spiro atoms. The minimum atomic E-state index is -0.0891. The highest BCUT2D eigenvalue weighted by Gasteiger charge is 2.13. The average Bonchev–Trinajstić information content (AvgIpc) is 2.48. The molecule has 6 heteroatoms. The molecule has 2 amide bonds. The van der Waals surface area contributed by atoms with Crippen LogP contribution in [0.25, 0.3) is 0 Å². The number of rotatable bonds is 12. The highest BCUT2D eigenvalue weighted by molar-refractivity contribution is 5.77. The molecule has 0 rings (SSSR count). The SMILES string of the molecule is CCC(CCCCCCCCCC(=O)NN)C(=O)NN. The summed E-state index contributed by atoms with van der Waals surface area (Å²) in [4.78, 5) is 22.3. The van der Waals surface area contributed by atoms with E-state index in [1.165, 1.54) is 12.8 Å². The number of hydrazine groups is 2. The smallest absolute Gasteiger partial charge is 0.236 e. The van der Waals surface area contributed by atoms with Gasteiger partial charge in [-0.15, -0.1) is 0 Å².